The Labute approximate surface area is 314 Å². The van der Waals surface area contributed by atoms with Gasteiger partial charge in [-0.25, -0.2) is 0 Å². The molecule has 0 unspecified atom stereocenters. The first kappa shape index (κ1) is 32.2. The third-order valence-electron chi connectivity index (χ3n) is 10.8. The van der Waals surface area contributed by atoms with Crippen molar-refractivity contribution in [3.63, 3.8) is 0 Å². The van der Waals surface area contributed by atoms with Gasteiger partial charge >= 0.3 is 0 Å². The average molecular weight is 717 g/mol. The molecule has 0 spiro atoms. The Morgan fingerprint density at radius 3 is 1.76 bits per heavy atom. The first-order chi connectivity index (χ1) is 26.9. The summed E-state index contributed by atoms with van der Waals surface area (Å²) < 4.78 is 6.60. The lowest BCUT2D eigenvalue weighted by molar-refractivity contribution is 0.429. The van der Waals surface area contributed by atoms with Crippen LogP contribution < -0.4 is 0 Å². The van der Waals surface area contributed by atoms with Crippen LogP contribution in [-0.2, 0) is 0 Å². The highest BCUT2D eigenvalue weighted by Crippen LogP contribution is 2.57. The summed E-state index contributed by atoms with van der Waals surface area (Å²) >= 11 is 0. The van der Waals surface area contributed by atoms with Crippen LogP contribution in [0.2, 0.25) is 0 Å². The van der Waals surface area contributed by atoms with Gasteiger partial charge in [0, 0.05) is 21.7 Å². The van der Waals surface area contributed by atoms with E-state index in [0.717, 1.165) is 65.4 Å². The van der Waals surface area contributed by atoms with E-state index in [4.69, 9.17) is 4.42 Å². The summed E-state index contributed by atoms with van der Waals surface area (Å²) in [5.74, 6) is -0.879. The molecular weight excluding hydrogens is 685 g/mol. The third kappa shape index (κ3) is 4.89. The number of aliphatic hydroxyl groups excluding tert-OH is 1. The number of furan rings is 1. The molecular formula is C49H32O6. The minimum atomic E-state index is -0.335. The Morgan fingerprint density at radius 1 is 0.436 bits per heavy atom. The molecule has 264 valence electrons. The molecule has 8 aromatic carbocycles. The van der Waals surface area contributed by atoms with Gasteiger partial charge in [0.25, 0.3) is 0 Å². The molecule has 1 aliphatic rings. The van der Waals surface area contributed by atoms with Gasteiger partial charge in [0.1, 0.15) is 39.9 Å². The molecule has 1 aliphatic carbocycles. The third-order valence-corrected chi connectivity index (χ3v) is 10.8. The van der Waals surface area contributed by atoms with E-state index in [-0.39, 0.29) is 45.4 Å². The molecule has 0 aliphatic heterocycles. The van der Waals surface area contributed by atoms with Gasteiger partial charge in [0.05, 0.1) is 16.7 Å². The van der Waals surface area contributed by atoms with Crippen LogP contribution in [0, 0.1) is 0 Å². The number of allylic oxidation sites excluding steroid dienone is 5. The van der Waals surface area contributed by atoms with E-state index in [1.165, 1.54) is 18.2 Å². The minimum absolute atomic E-state index is 0.0269. The summed E-state index contributed by atoms with van der Waals surface area (Å²) in [5.41, 5.74) is 5.38. The zero-order valence-electron chi connectivity index (χ0n) is 29.3. The van der Waals surface area contributed by atoms with Gasteiger partial charge in [0.2, 0.25) is 0 Å². The van der Waals surface area contributed by atoms with Crippen molar-refractivity contribution in [1.29, 1.82) is 0 Å². The van der Waals surface area contributed by atoms with Crippen molar-refractivity contribution in [3.8, 4) is 56.4 Å². The van der Waals surface area contributed by atoms with Crippen LogP contribution in [0.25, 0.3) is 93.2 Å². The topological polar surface area (TPSA) is 114 Å². The Hall–Kier alpha value is -7.44. The van der Waals surface area contributed by atoms with Crippen molar-refractivity contribution in [2.45, 2.75) is 6.42 Å². The normalized spacial score (nSPS) is 13.2. The van der Waals surface area contributed by atoms with E-state index in [9.17, 15) is 25.5 Å². The minimum Gasteiger partial charge on any atom is -0.508 e. The number of rotatable bonds is 4. The highest BCUT2D eigenvalue weighted by Gasteiger charge is 2.30. The number of hydrogen-bond acceptors (Lipinski definition) is 6. The summed E-state index contributed by atoms with van der Waals surface area (Å²) in [5, 5.41) is 64.6. The Bertz CT molecular complexity index is 3100. The predicted molar refractivity (Wildman–Crippen MR) is 222 cm³/mol. The van der Waals surface area contributed by atoms with Gasteiger partial charge in [0.15, 0.2) is 0 Å². The average Bonchev–Trinajstić information content (AvgIpc) is 3.47. The van der Waals surface area contributed by atoms with Crippen molar-refractivity contribution in [2.75, 3.05) is 0 Å². The Balaban J connectivity index is 1.34. The van der Waals surface area contributed by atoms with Gasteiger partial charge in [-0.1, -0.05) is 115 Å². The van der Waals surface area contributed by atoms with Crippen LogP contribution in [-0.4, -0.2) is 25.5 Å². The molecule has 0 radical (unpaired) electrons. The fraction of sp³-hybridized carbons (Fsp3) is 0.0204. The maximum atomic E-state index is 12.4. The van der Waals surface area contributed by atoms with Crippen LogP contribution >= 0.6 is 0 Å². The van der Waals surface area contributed by atoms with Gasteiger partial charge in [-0.3, -0.25) is 0 Å². The predicted octanol–water partition coefficient (Wildman–Crippen LogP) is 12.7. The quantitative estimate of drug-likeness (QED) is 0.116. The number of phenolic OH excluding ortho intramolecular Hbond substituents is 4. The molecule has 6 nitrogen and oxygen atoms in total. The lowest BCUT2D eigenvalue weighted by Crippen LogP contribution is -1.96. The van der Waals surface area contributed by atoms with Crippen molar-refractivity contribution in [2.24, 2.45) is 0 Å². The molecule has 9 aromatic rings. The molecule has 0 saturated heterocycles. The van der Waals surface area contributed by atoms with Crippen molar-refractivity contribution in [3.05, 3.63) is 163 Å². The fourth-order valence-corrected chi connectivity index (χ4v) is 8.38. The lowest BCUT2D eigenvalue weighted by atomic mass is 9.82. The monoisotopic (exact) mass is 716 g/mol. The SMILES string of the molecule is OC1=CCC=C(c2c(O)c(-c3ccc(O)cc3)c(O)c(-c3c4ccccc4c(-c4cccc5oc6c7ccccc7ccc6c45)c4ccccc34)c2O)C=C1. The Morgan fingerprint density at radius 2 is 1.05 bits per heavy atom. The number of benzene rings is 8. The van der Waals surface area contributed by atoms with E-state index in [1.54, 1.807) is 30.4 Å². The van der Waals surface area contributed by atoms with Crippen molar-refractivity contribution in [1.82, 2.24) is 0 Å². The van der Waals surface area contributed by atoms with Crippen LogP contribution in [0.5, 0.6) is 23.0 Å². The van der Waals surface area contributed by atoms with Crippen molar-refractivity contribution < 1.29 is 29.9 Å². The maximum Gasteiger partial charge on any atom is 0.143 e. The fourth-order valence-electron chi connectivity index (χ4n) is 8.38. The van der Waals surface area contributed by atoms with E-state index in [0.29, 0.717) is 23.1 Å². The molecule has 55 heavy (non-hydrogen) atoms. The number of hydrogen-bond donors (Lipinski definition) is 5. The summed E-state index contributed by atoms with van der Waals surface area (Å²) in [6, 6.07) is 40.7. The molecule has 0 bridgehead atoms. The van der Waals surface area contributed by atoms with Crippen LogP contribution in [0.1, 0.15) is 12.0 Å². The summed E-state index contributed by atoms with van der Waals surface area (Å²) in [6.07, 6.45) is 6.92. The Kier molecular flexibility index (Phi) is 7.22. The summed E-state index contributed by atoms with van der Waals surface area (Å²) in [4.78, 5) is 0. The van der Waals surface area contributed by atoms with E-state index >= 15 is 0 Å². The van der Waals surface area contributed by atoms with E-state index in [2.05, 4.69) is 42.5 Å². The van der Waals surface area contributed by atoms with E-state index < -0.39 is 0 Å². The molecule has 0 saturated carbocycles. The first-order valence-corrected chi connectivity index (χ1v) is 18.0. The number of aromatic hydroxyl groups is 4. The van der Waals surface area contributed by atoms with Gasteiger partial charge < -0.3 is 29.9 Å². The summed E-state index contributed by atoms with van der Waals surface area (Å²) in [7, 11) is 0. The first-order valence-electron chi connectivity index (χ1n) is 18.0. The highest BCUT2D eigenvalue weighted by molar-refractivity contribution is 6.27. The molecule has 6 heteroatoms. The molecule has 1 heterocycles. The number of phenols is 4. The smallest absolute Gasteiger partial charge is 0.143 e. The molecule has 0 atom stereocenters. The van der Waals surface area contributed by atoms with Crippen LogP contribution in [0.3, 0.4) is 0 Å². The molecule has 0 amide bonds. The zero-order chi connectivity index (χ0) is 37.4. The second-order valence-corrected chi connectivity index (χ2v) is 13.9. The van der Waals surface area contributed by atoms with Crippen LogP contribution in [0.15, 0.2) is 162 Å². The zero-order valence-corrected chi connectivity index (χ0v) is 29.3. The molecule has 10 rings (SSSR count). The highest BCUT2D eigenvalue weighted by atomic mass is 16.3. The number of fused-ring (bicyclic) bond motifs is 7. The number of aliphatic hydroxyl groups is 1. The van der Waals surface area contributed by atoms with E-state index in [1.807, 2.05) is 60.7 Å². The summed E-state index contributed by atoms with van der Waals surface area (Å²) in [6.45, 7) is 0. The standard InChI is InChI=1S/C49H32O6/c50-30-11-7-10-28(19-23-30)40-46(52)41(29-20-24-31(51)25-21-29)48(54)45(47(40)53)44-35-15-5-3-13-33(35)42(34-14-4-6-16-36(34)44)37-17-8-18-39-43(37)38-26-22-27-9-1-2-12-32(27)49(38)55-39/h1-6,8-26,50-54H,7H2. The largest absolute Gasteiger partial charge is 0.508 e. The van der Waals surface area contributed by atoms with Crippen molar-refractivity contribution >= 4 is 59.8 Å². The molecule has 0 fully saturated rings. The molecule has 5 N–H and O–H groups in total. The second-order valence-electron chi connectivity index (χ2n) is 13.9. The molecule has 1 aromatic heterocycles. The van der Waals surface area contributed by atoms with Gasteiger partial charge in [-0.15, -0.1) is 0 Å². The van der Waals surface area contributed by atoms with Gasteiger partial charge in [-0.2, -0.15) is 0 Å². The van der Waals surface area contributed by atoms with Gasteiger partial charge in [-0.05, 0) is 92.0 Å². The lowest BCUT2D eigenvalue weighted by Gasteiger charge is -2.23. The second kappa shape index (κ2) is 12.3. The maximum absolute atomic E-state index is 12.4. The van der Waals surface area contributed by atoms with Crippen LogP contribution in [0.4, 0.5) is 0 Å².